The first-order valence-corrected chi connectivity index (χ1v) is 10.9. The van der Waals surface area contributed by atoms with Crippen molar-refractivity contribution in [2.75, 3.05) is 19.8 Å². The van der Waals surface area contributed by atoms with Crippen molar-refractivity contribution in [1.29, 1.82) is 0 Å². The van der Waals surface area contributed by atoms with E-state index in [1.165, 1.54) is 17.3 Å². The number of aromatic nitrogens is 3. The maximum Gasteiger partial charge on any atom is 0.230 e. The van der Waals surface area contributed by atoms with E-state index in [2.05, 4.69) is 72.0 Å². The molecular formula is C21H33N5OS. The molecule has 0 unspecified atom stereocenters. The number of hydrogen-bond acceptors (Lipinski definition) is 5. The van der Waals surface area contributed by atoms with Crippen molar-refractivity contribution in [3.05, 3.63) is 41.7 Å². The van der Waals surface area contributed by atoms with Crippen LogP contribution in [0.1, 0.15) is 51.5 Å². The highest BCUT2D eigenvalue weighted by Crippen LogP contribution is 2.26. The summed E-state index contributed by atoms with van der Waals surface area (Å²) in [5.74, 6) is 1.71. The quantitative estimate of drug-likeness (QED) is 0.614. The van der Waals surface area contributed by atoms with E-state index in [0.29, 0.717) is 18.2 Å². The normalized spacial score (nSPS) is 13.7. The number of hydrogen-bond donors (Lipinski definition) is 1. The molecule has 1 aromatic heterocycles. The molecule has 1 aromatic carbocycles. The summed E-state index contributed by atoms with van der Waals surface area (Å²) in [5.41, 5.74) is 1.19. The van der Waals surface area contributed by atoms with Gasteiger partial charge in [-0.05, 0) is 38.9 Å². The lowest BCUT2D eigenvalue weighted by Gasteiger charge is -2.23. The molecule has 6 nitrogen and oxygen atoms in total. The molecule has 1 heterocycles. The summed E-state index contributed by atoms with van der Waals surface area (Å²) in [5, 5.41) is 12.7. The molecule has 7 heteroatoms. The van der Waals surface area contributed by atoms with Gasteiger partial charge in [-0.1, -0.05) is 62.9 Å². The monoisotopic (exact) mass is 403 g/mol. The zero-order chi connectivity index (χ0) is 20.7. The summed E-state index contributed by atoms with van der Waals surface area (Å²) >= 11 is 1.45. The van der Waals surface area contributed by atoms with Crippen LogP contribution in [0.3, 0.4) is 0 Å². The molecule has 0 saturated carbocycles. The molecule has 154 valence electrons. The topological polar surface area (TPSA) is 63.1 Å². The highest BCUT2D eigenvalue weighted by Gasteiger charge is 2.23. The fraction of sp³-hybridized carbons (Fsp3) is 0.571. The van der Waals surface area contributed by atoms with Gasteiger partial charge in [-0.3, -0.25) is 9.69 Å². The van der Waals surface area contributed by atoms with Crippen molar-refractivity contribution in [2.45, 2.75) is 57.9 Å². The summed E-state index contributed by atoms with van der Waals surface area (Å²) in [6.45, 7) is 9.09. The molecule has 2 atom stereocenters. The van der Waals surface area contributed by atoms with Crippen LogP contribution in [0.15, 0.2) is 35.5 Å². The Morgan fingerprint density at radius 1 is 1.18 bits per heavy atom. The van der Waals surface area contributed by atoms with E-state index in [4.69, 9.17) is 0 Å². The molecular weight excluding hydrogens is 370 g/mol. The molecule has 0 spiro atoms. The molecule has 1 N–H and O–H groups in total. The van der Waals surface area contributed by atoms with Crippen LogP contribution in [0, 0.1) is 5.92 Å². The zero-order valence-electron chi connectivity index (χ0n) is 17.8. The molecule has 0 aliphatic rings. The van der Waals surface area contributed by atoms with Crippen molar-refractivity contribution in [1.82, 2.24) is 25.0 Å². The first-order valence-electron chi connectivity index (χ1n) is 9.89. The highest BCUT2D eigenvalue weighted by atomic mass is 32.2. The Labute approximate surface area is 173 Å². The number of carbonyl (C=O) groups excluding carboxylic acids is 1. The lowest BCUT2D eigenvalue weighted by molar-refractivity contribution is -0.119. The average molecular weight is 404 g/mol. The van der Waals surface area contributed by atoms with E-state index in [1.54, 1.807) is 0 Å². The van der Waals surface area contributed by atoms with Crippen LogP contribution in [0.2, 0.25) is 0 Å². The van der Waals surface area contributed by atoms with E-state index in [-0.39, 0.29) is 18.0 Å². The van der Waals surface area contributed by atoms with E-state index in [9.17, 15) is 4.79 Å². The van der Waals surface area contributed by atoms with Gasteiger partial charge in [0.15, 0.2) is 11.0 Å². The van der Waals surface area contributed by atoms with Crippen LogP contribution in [-0.2, 0) is 11.3 Å². The summed E-state index contributed by atoms with van der Waals surface area (Å²) in [4.78, 5) is 14.5. The van der Waals surface area contributed by atoms with E-state index >= 15 is 0 Å². The van der Waals surface area contributed by atoms with Crippen molar-refractivity contribution in [3.8, 4) is 0 Å². The van der Waals surface area contributed by atoms with E-state index < -0.39 is 0 Å². The third kappa shape index (κ3) is 6.07. The van der Waals surface area contributed by atoms with Crippen LogP contribution in [0.25, 0.3) is 0 Å². The standard InChI is InChI=1S/C21H33N5OS/c1-7-18(25(5)6)20-23-24-21(26(20)13-17-11-9-8-10-12-17)28-14-19(27)22-16(4)15(2)3/h8-12,15-16,18H,7,13-14H2,1-6H3,(H,22,27)/t16-,18+/m0/s1. The minimum atomic E-state index is 0.0293. The van der Waals surface area contributed by atoms with Gasteiger partial charge >= 0.3 is 0 Å². The molecule has 28 heavy (non-hydrogen) atoms. The number of rotatable bonds is 10. The number of thioether (sulfide) groups is 1. The fourth-order valence-electron chi connectivity index (χ4n) is 2.94. The Morgan fingerprint density at radius 3 is 2.43 bits per heavy atom. The maximum atomic E-state index is 12.3. The minimum Gasteiger partial charge on any atom is -0.353 e. The Bertz CT molecular complexity index is 745. The van der Waals surface area contributed by atoms with Gasteiger partial charge in [-0.15, -0.1) is 10.2 Å². The minimum absolute atomic E-state index is 0.0293. The van der Waals surface area contributed by atoms with Gasteiger partial charge in [0.2, 0.25) is 5.91 Å². The Hall–Kier alpha value is -1.86. The number of nitrogens with zero attached hydrogens (tertiary/aromatic N) is 4. The smallest absolute Gasteiger partial charge is 0.230 e. The molecule has 0 fully saturated rings. The third-order valence-electron chi connectivity index (χ3n) is 4.96. The Balaban J connectivity index is 2.21. The van der Waals surface area contributed by atoms with Crippen LogP contribution >= 0.6 is 11.8 Å². The largest absolute Gasteiger partial charge is 0.353 e. The van der Waals surface area contributed by atoms with Gasteiger partial charge in [-0.25, -0.2) is 0 Å². The predicted octanol–water partition coefficient (Wildman–Crippen LogP) is 3.59. The second-order valence-corrected chi connectivity index (χ2v) is 8.63. The van der Waals surface area contributed by atoms with Gasteiger partial charge in [-0.2, -0.15) is 0 Å². The van der Waals surface area contributed by atoms with Crippen LogP contribution < -0.4 is 5.32 Å². The molecule has 0 aliphatic heterocycles. The Morgan fingerprint density at radius 2 is 1.86 bits per heavy atom. The molecule has 2 rings (SSSR count). The van der Waals surface area contributed by atoms with Crippen molar-refractivity contribution in [3.63, 3.8) is 0 Å². The van der Waals surface area contributed by atoms with Crippen LogP contribution in [0.4, 0.5) is 0 Å². The van der Waals surface area contributed by atoms with E-state index in [0.717, 1.165) is 17.4 Å². The summed E-state index contributed by atoms with van der Waals surface area (Å²) < 4.78 is 2.15. The second kappa shape index (κ2) is 10.6. The molecule has 0 radical (unpaired) electrons. The van der Waals surface area contributed by atoms with Gasteiger partial charge in [0.25, 0.3) is 0 Å². The van der Waals surface area contributed by atoms with Crippen molar-refractivity contribution < 1.29 is 4.79 Å². The summed E-state index contributed by atoms with van der Waals surface area (Å²) in [6.07, 6.45) is 0.941. The lowest BCUT2D eigenvalue weighted by atomic mass is 10.1. The van der Waals surface area contributed by atoms with Crippen LogP contribution in [0.5, 0.6) is 0 Å². The summed E-state index contributed by atoms with van der Waals surface area (Å²) in [7, 11) is 4.12. The average Bonchev–Trinajstić information content (AvgIpc) is 3.03. The number of nitrogens with one attached hydrogen (secondary N) is 1. The molecule has 2 aromatic rings. The van der Waals surface area contributed by atoms with E-state index in [1.807, 2.05) is 25.1 Å². The fourth-order valence-corrected chi connectivity index (χ4v) is 3.69. The van der Waals surface area contributed by atoms with Crippen molar-refractivity contribution in [2.24, 2.45) is 5.92 Å². The number of benzene rings is 1. The molecule has 1 amide bonds. The molecule has 0 aliphatic carbocycles. The van der Waals surface area contributed by atoms with Gasteiger partial charge in [0.1, 0.15) is 0 Å². The zero-order valence-corrected chi connectivity index (χ0v) is 18.7. The first-order chi connectivity index (χ1) is 13.3. The SMILES string of the molecule is CC[C@H](c1nnc(SCC(=O)N[C@@H](C)C(C)C)n1Cc1ccccc1)N(C)C. The summed E-state index contributed by atoms with van der Waals surface area (Å²) in [6, 6.07) is 10.6. The van der Waals surface area contributed by atoms with Gasteiger partial charge < -0.3 is 9.88 Å². The molecule has 0 saturated heterocycles. The van der Waals surface area contributed by atoms with Crippen molar-refractivity contribution >= 4 is 17.7 Å². The van der Waals surface area contributed by atoms with Gasteiger partial charge in [0.05, 0.1) is 18.3 Å². The second-order valence-electron chi connectivity index (χ2n) is 7.69. The number of carbonyl (C=O) groups is 1. The maximum absolute atomic E-state index is 12.3. The lowest BCUT2D eigenvalue weighted by Crippen LogP contribution is -2.37. The third-order valence-corrected chi connectivity index (χ3v) is 5.92. The van der Waals surface area contributed by atoms with Crippen LogP contribution in [-0.4, -0.2) is 51.5 Å². The number of amides is 1. The predicted molar refractivity (Wildman–Crippen MR) is 115 cm³/mol. The first kappa shape index (κ1) is 22.4. The highest BCUT2D eigenvalue weighted by molar-refractivity contribution is 7.99. The van der Waals surface area contributed by atoms with Gasteiger partial charge in [0, 0.05) is 6.04 Å². The Kier molecular flexibility index (Phi) is 8.51. The molecule has 0 bridgehead atoms.